The molecule has 0 bridgehead atoms. The van der Waals surface area contributed by atoms with Gasteiger partial charge in [0.15, 0.2) is 5.60 Å². The number of carbonyl (C=O) groups excluding carboxylic acids is 1. The average molecular weight is 481 g/mol. The topological polar surface area (TPSA) is 70.1 Å². The van der Waals surface area contributed by atoms with Gasteiger partial charge in [0.05, 0.1) is 11.1 Å². The minimum Gasteiger partial charge on any atom is -0.478 e. The lowest BCUT2D eigenvalue weighted by atomic mass is 9.61. The largest absolute Gasteiger partial charge is 0.478 e. The zero-order valence-electron chi connectivity index (χ0n) is 20.5. The van der Waals surface area contributed by atoms with E-state index < -0.39 is 17.5 Å². The number of hydrogen-bond donors (Lipinski definition) is 1. The second-order valence-electron chi connectivity index (χ2n) is 10.9. The van der Waals surface area contributed by atoms with E-state index in [-0.39, 0.29) is 11.0 Å². The van der Waals surface area contributed by atoms with Gasteiger partial charge < -0.3 is 19.6 Å². The van der Waals surface area contributed by atoms with Crippen LogP contribution in [0, 0.1) is 0 Å². The average Bonchev–Trinajstić information content (AvgIpc) is 3.08. The number of carboxylic acid groups (broad SMARTS) is 1. The molecule has 182 valence electrons. The highest BCUT2D eigenvalue weighted by Gasteiger charge is 2.56. The number of ether oxygens (including phenoxy) is 1. The number of hydrogen-bond acceptors (Lipinski definition) is 5. The maximum Gasteiger partial charge on any atom is 0.340 e. The van der Waals surface area contributed by atoms with Crippen molar-refractivity contribution in [2.24, 2.45) is 0 Å². The first kappa shape index (κ1) is 21.5. The normalized spacial score (nSPS) is 20.1. The number of carboxylic acids is 1. The van der Waals surface area contributed by atoms with Gasteiger partial charge in [0.25, 0.3) is 0 Å². The van der Waals surface area contributed by atoms with Crippen LogP contribution >= 0.6 is 0 Å². The van der Waals surface area contributed by atoms with Crippen LogP contribution in [0.5, 0.6) is 0 Å². The molecule has 3 aromatic rings. The molecule has 0 unspecified atom stereocenters. The first-order chi connectivity index (χ1) is 17.3. The Bertz CT molecular complexity index is 1400. The standard InChI is InChI=1S/C30H28N2O4/c1-29(2)25-16-19(31-11-3-12-31)6-9-22(25)30(23-10-7-20(17-26(23)29)32-13-4-14-32)24-15-18(27(33)34)5-8-21(24)28(35)36-30/h5-10,15-17H,3-4,11-14H2,1-2H3,(H,33,34). The molecule has 1 N–H and O–H groups in total. The van der Waals surface area contributed by atoms with Gasteiger partial charge in [0.1, 0.15) is 0 Å². The summed E-state index contributed by atoms with van der Waals surface area (Å²) in [6, 6.07) is 17.6. The van der Waals surface area contributed by atoms with Gasteiger partial charge in [-0.2, -0.15) is 0 Å². The van der Waals surface area contributed by atoms with Gasteiger partial charge in [-0.3, -0.25) is 0 Å². The van der Waals surface area contributed by atoms with Gasteiger partial charge in [-0.15, -0.1) is 0 Å². The lowest BCUT2D eigenvalue weighted by Crippen LogP contribution is -2.43. The quantitative estimate of drug-likeness (QED) is 0.538. The van der Waals surface area contributed by atoms with E-state index in [0.717, 1.165) is 48.4 Å². The second kappa shape index (κ2) is 7.12. The van der Waals surface area contributed by atoms with Crippen molar-refractivity contribution in [3.63, 3.8) is 0 Å². The number of anilines is 2. The van der Waals surface area contributed by atoms with Crippen LogP contribution in [-0.2, 0) is 15.8 Å². The van der Waals surface area contributed by atoms with E-state index in [4.69, 9.17) is 4.74 Å². The van der Waals surface area contributed by atoms with E-state index in [9.17, 15) is 14.7 Å². The molecule has 3 aromatic carbocycles. The summed E-state index contributed by atoms with van der Waals surface area (Å²) in [6.45, 7) is 8.64. The van der Waals surface area contributed by atoms with Crippen LogP contribution in [0.3, 0.4) is 0 Å². The van der Waals surface area contributed by atoms with Gasteiger partial charge in [-0.05, 0) is 66.4 Å². The van der Waals surface area contributed by atoms with Crippen molar-refractivity contribution in [1.29, 1.82) is 0 Å². The molecule has 6 nitrogen and oxygen atoms in total. The molecular formula is C30H28N2O4. The maximum atomic E-state index is 13.3. The number of nitrogens with zero attached hydrogens (tertiary/aromatic N) is 2. The molecule has 1 aliphatic carbocycles. The van der Waals surface area contributed by atoms with Crippen molar-refractivity contribution in [2.45, 2.75) is 37.7 Å². The predicted octanol–water partition coefficient (Wildman–Crippen LogP) is 4.91. The second-order valence-corrected chi connectivity index (χ2v) is 10.9. The van der Waals surface area contributed by atoms with E-state index in [1.807, 2.05) is 0 Å². The first-order valence-electron chi connectivity index (χ1n) is 12.7. The third kappa shape index (κ3) is 2.67. The fraction of sp³-hybridized carbons (Fsp3) is 0.333. The van der Waals surface area contributed by atoms with E-state index in [2.05, 4.69) is 60.0 Å². The molecule has 7 rings (SSSR count). The zero-order chi connectivity index (χ0) is 24.8. The summed E-state index contributed by atoms with van der Waals surface area (Å²) in [5.74, 6) is -1.44. The smallest absolute Gasteiger partial charge is 0.340 e. The summed E-state index contributed by atoms with van der Waals surface area (Å²) in [5, 5.41) is 9.77. The van der Waals surface area contributed by atoms with Gasteiger partial charge in [-0.25, -0.2) is 9.59 Å². The van der Waals surface area contributed by atoms with Crippen LogP contribution in [-0.4, -0.2) is 43.2 Å². The lowest BCUT2D eigenvalue weighted by Gasteiger charge is -2.46. The van der Waals surface area contributed by atoms with Crippen molar-refractivity contribution in [3.8, 4) is 0 Å². The number of carbonyl (C=O) groups is 2. The molecule has 3 heterocycles. The van der Waals surface area contributed by atoms with Crippen LogP contribution in [0.1, 0.15) is 75.2 Å². The molecule has 36 heavy (non-hydrogen) atoms. The molecule has 2 saturated heterocycles. The molecule has 0 amide bonds. The zero-order valence-corrected chi connectivity index (χ0v) is 20.5. The predicted molar refractivity (Wildman–Crippen MR) is 137 cm³/mol. The molecule has 6 heteroatoms. The Kier molecular flexibility index (Phi) is 4.25. The SMILES string of the molecule is CC1(C)c2cc(N3CCC3)ccc2C2(OC(=O)c3ccc(C(=O)O)cc32)c2ccc(N3CCC3)cc21. The summed E-state index contributed by atoms with van der Waals surface area (Å²) in [6.07, 6.45) is 2.38. The molecule has 4 aliphatic rings. The third-order valence-electron chi connectivity index (χ3n) is 8.67. The van der Waals surface area contributed by atoms with Crippen LogP contribution < -0.4 is 9.80 Å². The molecule has 0 atom stereocenters. The summed E-state index contributed by atoms with van der Waals surface area (Å²) in [5.41, 5.74) is 6.07. The molecule has 3 aliphatic heterocycles. The van der Waals surface area contributed by atoms with Gasteiger partial charge in [0, 0.05) is 59.7 Å². The summed E-state index contributed by atoms with van der Waals surface area (Å²) >= 11 is 0. The molecule has 0 radical (unpaired) electrons. The van der Waals surface area contributed by atoms with Crippen LogP contribution in [0.4, 0.5) is 11.4 Å². The Morgan fingerprint density at radius 3 is 1.81 bits per heavy atom. The van der Waals surface area contributed by atoms with Crippen LogP contribution in [0.15, 0.2) is 54.6 Å². The fourth-order valence-electron chi connectivity index (χ4n) is 6.34. The number of rotatable bonds is 3. The molecule has 2 fully saturated rings. The highest BCUT2D eigenvalue weighted by molar-refractivity contribution is 5.99. The Morgan fingerprint density at radius 1 is 0.778 bits per heavy atom. The maximum absolute atomic E-state index is 13.3. The van der Waals surface area contributed by atoms with Gasteiger partial charge in [-0.1, -0.05) is 26.0 Å². The minimum atomic E-state index is -1.18. The molecular weight excluding hydrogens is 452 g/mol. The van der Waals surface area contributed by atoms with Gasteiger partial charge >= 0.3 is 11.9 Å². The Balaban J connectivity index is 1.54. The van der Waals surface area contributed by atoms with Crippen LogP contribution in [0.25, 0.3) is 0 Å². The number of aromatic carboxylic acids is 1. The Labute approximate surface area is 210 Å². The number of benzene rings is 3. The molecule has 0 saturated carbocycles. The number of fused-ring (bicyclic) bond motifs is 6. The van der Waals surface area contributed by atoms with Crippen molar-refractivity contribution in [2.75, 3.05) is 36.0 Å². The van der Waals surface area contributed by atoms with E-state index in [0.29, 0.717) is 11.1 Å². The lowest BCUT2D eigenvalue weighted by molar-refractivity contribution is 0.0231. The summed E-state index contributed by atoms with van der Waals surface area (Å²) in [4.78, 5) is 29.9. The van der Waals surface area contributed by atoms with Gasteiger partial charge in [0.2, 0.25) is 0 Å². The summed E-state index contributed by atoms with van der Waals surface area (Å²) < 4.78 is 6.36. The van der Waals surface area contributed by atoms with Crippen molar-refractivity contribution >= 4 is 23.3 Å². The fourth-order valence-corrected chi connectivity index (χ4v) is 6.34. The highest BCUT2D eigenvalue weighted by atomic mass is 16.6. The number of esters is 1. The Morgan fingerprint density at radius 2 is 1.33 bits per heavy atom. The van der Waals surface area contributed by atoms with E-state index >= 15 is 0 Å². The molecule has 1 spiro atoms. The van der Waals surface area contributed by atoms with Crippen molar-refractivity contribution < 1.29 is 19.4 Å². The first-order valence-corrected chi connectivity index (χ1v) is 12.7. The summed E-state index contributed by atoms with van der Waals surface area (Å²) in [7, 11) is 0. The molecule has 0 aromatic heterocycles. The Hall–Kier alpha value is -3.80. The monoisotopic (exact) mass is 480 g/mol. The van der Waals surface area contributed by atoms with Crippen molar-refractivity contribution in [3.05, 3.63) is 93.5 Å². The van der Waals surface area contributed by atoms with E-state index in [1.165, 1.54) is 30.3 Å². The van der Waals surface area contributed by atoms with Crippen LogP contribution in [0.2, 0.25) is 0 Å². The highest BCUT2D eigenvalue weighted by Crippen LogP contribution is 2.57. The van der Waals surface area contributed by atoms with Crippen molar-refractivity contribution in [1.82, 2.24) is 0 Å². The third-order valence-corrected chi connectivity index (χ3v) is 8.67. The minimum absolute atomic E-state index is 0.147. The van der Waals surface area contributed by atoms with E-state index in [1.54, 1.807) is 12.1 Å².